The molecular formula is C25H21N3O4. The second-order valence-electron chi connectivity index (χ2n) is 7.38. The number of nitrogens with zero attached hydrogens (tertiary/aromatic N) is 2. The van der Waals surface area contributed by atoms with Gasteiger partial charge in [0.2, 0.25) is 0 Å². The number of hydrogen-bond acceptors (Lipinski definition) is 6. The smallest absolute Gasteiger partial charge is 0.265 e. The van der Waals surface area contributed by atoms with Gasteiger partial charge in [-0.3, -0.25) is 9.78 Å². The van der Waals surface area contributed by atoms with Gasteiger partial charge in [0, 0.05) is 17.3 Å². The van der Waals surface area contributed by atoms with Gasteiger partial charge < -0.3 is 19.5 Å². The molecule has 1 atom stereocenters. The fraction of sp³-hybridized carbons (Fsp3) is 0.160. The van der Waals surface area contributed by atoms with Crippen LogP contribution in [-0.2, 0) is 4.79 Å². The van der Waals surface area contributed by atoms with Crippen LogP contribution < -0.4 is 19.5 Å². The van der Waals surface area contributed by atoms with Crippen LogP contribution in [0.5, 0.6) is 17.2 Å². The lowest BCUT2D eigenvalue weighted by Crippen LogP contribution is -2.30. The van der Waals surface area contributed by atoms with Crippen LogP contribution in [-0.4, -0.2) is 35.2 Å². The third-order valence-corrected chi connectivity index (χ3v) is 5.09. The second-order valence-corrected chi connectivity index (χ2v) is 7.38. The monoisotopic (exact) mass is 427 g/mol. The summed E-state index contributed by atoms with van der Waals surface area (Å²) in [6.07, 6.45) is 1.07. The van der Waals surface area contributed by atoms with E-state index in [0.29, 0.717) is 36.1 Å². The summed E-state index contributed by atoms with van der Waals surface area (Å²) in [5, 5.41) is 2.85. The molecule has 0 spiro atoms. The number of para-hydroxylation sites is 2. The molecule has 0 fully saturated rings. The number of rotatable bonds is 5. The van der Waals surface area contributed by atoms with E-state index in [4.69, 9.17) is 14.2 Å². The number of anilines is 1. The molecule has 32 heavy (non-hydrogen) atoms. The predicted molar refractivity (Wildman–Crippen MR) is 121 cm³/mol. The number of ether oxygens (including phenoxy) is 3. The SMILES string of the molecule is C[C@H](Oc1ccc(-c2cnc3ccccc3n2)cc1)C(=O)Nc1ccc2c(c1)OCCO2. The molecule has 0 bridgehead atoms. The van der Waals surface area contributed by atoms with Crippen LogP contribution in [0.1, 0.15) is 6.92 Å². The molecule has 1 N–H and O–H groups in total. The minimum atomic E-state index is -0.686. The highest BCUT2D eigenvalue weighted by molar-refractivity contribution is 5.94. The minimum Gasteiger partial charge on any atom is -0.486 e. The predicted octanol–water partition coefficient (Wildman–Crippen LogP) is 4.47. The van der Waals surface area contributed by atoms with Gasteiger partial charge in [-0.25, -0.2) is 4.98 Å². The maximum atomic E-state index is 12.6. The molecule has 1 aromatic heterocycles. The van der Waals surface area contributed by atoms with Crippen molar-refractivity contribution < 1.29 is 19.0 Å². The van der Waals surface area contributed by atoms with Gasteiger partial charge in [0.1, 0.15) is 19.0 Å². The van der Waals surface area contributed by atoms with Gasteiger partial charge in [-0.15, -0.1) is 0 Å². The summed E-state index contributed by atoms with van der Waals surface area (Å²) in [6.45, 7) is 2.72. The minimum absolute atomic E-state index is 0.258. The summed E-state index contributed by atoms with van der Waals surface area (Å²) in [4.78, 5) is 21.7. The van der Waals surface area contributed by atoms with Gasteiger partial charge in [0.05, 0.1) is 22.9 Å². The molecule has 0 saturated heterocycles. The number of amides is 1. The van der Waals surface area contributed by atoms with E-state index in [2.05, 4.69) is 15.3 Å². The van der Waals surface area contributed by atoms with Gasteiger partial charge in [0.15, 0.2) is 17.6 Å². The number of aromatic nitrogens is 2. The molecular weight excluding hydrogens is 406 g/mol. The molecule has 0 unspecified atom stereocenters. The molecule has 3 aromatic carbocycles. The standard InChI is InChI=1S/C25H21N3O4/c1-16(25(29)27-18-8-11-23-24(14-18)31-13-12-30-23)32-19-9-6-17(7-10-19)22-15-26-20-4-2-3-5-21(20)28-22/h2-11,14-16H,12-13H2,1H3,(H,27,29)/t16-/m0/s1. The third kappa shape index (κ3) is 4.18. The number of carbonyl (C=O) groups is 1. The highest BCUT2D eigenvalue weighted by atomic mass is 16.6. The van der Waals surface area contributed by atoms with E-state index < -0.39 is 6.10 Å². The number of nitrogens with one attached hydrogen (secondary N) is 1. The molecule has 7 nitrogen and oxygen atoms in total. The normalized spacial score (nSPS) is 13.4. The molecule has 7 heteroatoms. The topological polar surface area (TPSA) is 82.6 Å². The summed E-state index contributed by atoms with van der Waals surface area (Å²) < 4.78 is 16.9. The van der Waals surface area contributed by atoms with Crippen LogP contribution in [0.4, 0.5) is 5.69 Å². The quantitative estimate of drug-likeness (QED) is 0.506. The fourth-order valence-electron chi connectivity index (χ4n) is 3.42. The molecule has 0 saturated carbocycles. The molecule has 4 aromatic rings. The first-order valence-corrected chi connectivity index (χ1v) is 10.4. The first-order valence-electron chi connectivity index (χ1n) is 10.4. The van der Waals surface area contributed by atoms with Crippen molar-refractivity contribution in [2.24, 2.45) is 0 Å². The number of carbonyl (C=O) groups excluding carboxylic acids is 1. The van der Waals surface area contributed by atoms with Crippen molar-refractivity contribution in [1.29, 1.82) is 0 Å². The van der Waals surface area contributed by atoms with Crippen molar-refractivity contribution in [3.8, 4) is 28.5 Å². The zero-order valence-corrected chi connectivity index (χ0v) is 17.4. The lowest BCUT2D eigenvalue weighted by Gasteiger charge is -2.20. The van der Waals surface area contributed by atoms with E-state index in [1.165, 1.54) is 0 Å². The van der Waals surface area contributed by atoms with E-state index in [-0.39, 0.29) is 5.91 Å². The number of hydrogen-bond donors (Lipinski definition) is 1. The average molecular weight is 427 g/mol. The fourth-order valence-corrected chi connectivity index (χ4v) is 3.42. The zero-order chi connectivity index (χ0) is 21.9. The van der Waals surface area contributed by atoms with Gasteiger partial charge in [-0.1, -0.05) is 12.1 Å². The van der Waals surface area contributed by atoms with E-state index in [1.807, 2.05) is 48.5 Å². The Kier molecular flexibility index (Phi) is 5.29. The Bertz CT molecular complexity index is 1270. The first-order chi connectivity index (χ1) is 15.7. The Hall–Kier alpha value is -4.13. The van der Waals surface area contributed by atoms with Crippen molar-refractivity contribution in [3.05, 3.63) is 72.9 Å². The van der Waals surface area contributed by atoms with Crippen LogP contribution in [0, 0.1) is 0 Å². The molecule has 1 aliphatic rings. The Morgan fingerprint density at radius 2 is 1.72 bits per heavy atom. The van der Waals surface area contributed by atoms with Crippen molar-refractivity contribution in [3.63, 3.8) is 0 Å². The Labute approximate surface area is 185 Å². The second kappa shape index (κ2) is 8.55. The summed E-state index contributed by atoms with van der Waals surface area (Å²) in [7, 11) is 0. The molecule has 2 heterocycles. The number of benzene rings is 3. The Morgan fingerprint density at radius 3 is 2.53 bits per heavy atom. The summed E-state index contributed by atoms with van der Waals surface area (Å²) in [6, 6.07) is 20.5. The van der Waals surface area contributed by atoms with Crippen LogP contribution in [0.25, 0.3) is 22.3 Å². The lowest BCUT2D eigenvalue weighted by atomic mass is 10.1. The molecule has 5 rings (SSSR count). The maximum Gasteiger partial charge on any atom is 0.265 e. The van der Waals surface area contributed by atoms with Crippen molar-refractivity contribution in [1.82, 2.24) is 9.97 Å². The number of fused-ring (bicyclic) bond motifs is 2. The van der Waals surface area contributed by atoms with Crippen molar-refractivity contribution in [2.75, 3.05) is 18.5 Å². The van der Waals surface area contributed by atoms with E-state index >= 15 is 0 Å². The van der Waals surface area contributed by atoms with Gasteiger partial charge in [0.25, 0.3) is 5.91 Å². The van der Waals surface area contributed by atoms with Crippen LogP contribution >= 0.6 is 0 Å². The molecule has 1 aliphatic heterocycles. The van der Waals surface area contributed by atoms with Crippen LogP contribution in [0.3, 0.4) is 0 Å². The largest absolute Gasteiger partial charge is 0.486 e. The van der Waals surface area contributed by atoms with E-state index in [1.54, 1.807) is 31.3 Å². The highest BCUT2D eigenvalue weighted by Gasteiger charge is 2.17. The highest BCUT2D eigenvalue weighted by Crippen LogP contribution is 2.32. The van der Waals surface area contributed by atoms with Crippen LogP contribution in [0.2, 0.25) is 0 Å². The third-order valence-electron chi connectivity index (χ3n) is 5.09. The van der Waals surface area contributed by atoms with E-state index in [0.717, 1.165) is 22.3 Å². The van der Waals surface area contributed by atoms with Gasteiger partial charge in [-0.2, -0.15) is 0 Å². The first kappa shape index (κ1) is 19.8. The van der Waals surface area contributed by atoms with Gasteiger partial charge >= 0.3 is 0 Å². The van der Waals surface area contributed by atoms with E-state index in [9.17, 15) is 4.79 Å². The molecule has 0 radical (unpaired) electrons. The van der Waals surface area contributed by atoms with Crippen molar-refractivity contribution in [2.45, 2.75) is 13.0 Å². The lowest BCUT2D eigenvalue weighted by molar-refractivity contribution is -0.122. The molecule has 0 aliphatic carbocycles. The molecule has 1 amide bonds. The molecule has 160 valence electrons. The zero-order valence-electron chi connectivity index (χ0n) is 17.4. The average Bonchev–Trinajstić information content (AvgIpc) is 2.84. The van der Waals surface area contributed by atoms with Crippen LogP contribution in [0.15, 0.2) is 72.9 Å². The summed E-state index contributed by atoms with van der Waals surface area (Å²) in [5.74, 6) is 1.63. The van der Waals surface area contributed by atoms with Gasteiger partial charge in [-0.05, 0) is 55.5 Å². The Balaban J connectivity index is 1.24. The maximum absolute atomic E-state index is 12.6. The Morgan fingerprint density at radius 1 is 0.969 bits per heavy atom. The summed E-state index contributed by atoms with van der Waals surface area (Å²) >= 11 is 0. The van der Waals surface area contributed by atoms with Crippen molar-refractivity contribution >= 4 is 22.6 Å². The summed E-state index contributed by atoms with van der Waals surface area (Å²) in [5.41, 5.74) is 4.02.